The molecule has 30 heavy (non-hydrogen) atoms. The van der Waals surface area contributed by atoms with E-state index in [1.807, 2.05) is 86.0 Å². The molecule has 0 bridgehead atoms. The van der Waals surface area contributed by atoms with Crippen molar-refractivity contribution in [2.45, 2.75) is 13.8 Å². The van der Waals surface area contributed by atoms with Gasteiger partial charge in [0.2, 0.25) is 0 Å². The monoisotopic (exact) mass is 409 g/mol. The van der Waals surface area contributed by atoms with Gasteiger partial charge in [0.25, 0.3) is 0 Å². The number of hydrogen-bond donors (Lipinski definition) is 0. The highest BCUT2D eigenvalue weighted by molar-refractivity contribution is 7.13. The lowest BCUT2D eigenvalue weighted by Gasteiger charge is -2.12. The minimum atomic E-state index is -0.375. The number of carbonyl (C=O) groups is 1. The first-order valence-electron chi connectivity index (χ1n) is 9.75. The van der Waals surface area contributed by atoms with Crippen LogP contribution in [0.2, 0.25) is 0 Å². The Kier molecular flexibility index (Phi) is 4.57. The van der Waals surface area contributed by atoms with E-state index in [1.54, 1.807) is 11.3 Å². The molecule has 3 nitrogen and oxygen atoms in total. The van der Waals surface area contributed by atoms with Crippen LogP contribution in [0.5, 0.6) is 5.75 Å². The molecule has 0 N–H and O–H groups in total. The van der Waals surface area contributed by atoms with Crippen molar-refractivity contribution in [2.24, 2.45) is 0 Å². The molecule has 0 spiro atoms. The van der Waals surface area contributed by atoms with Gasteiger partial charge < -0.3 is 4.74 Å². The molecule has 0 unspecified atom stereocenters. The van der Waals surface area contributed by atoms with Crippen LogP contribution >= 0.6 is 11.3 Å². The van der Waals surface area contributed by atoms with Crippen molar-refractivity contribution in [1.82, 2.24) is 4.98 Å². The summed E-state index contributed by atoms with van der Waals surface area (Å²) in [6, 6.07) is 23.7. The molecule has 0 fully saturated rings. The Labute approximate surface area is 178 Å². The topological polar surface area (TPSA) is 39.2 Å². The fourth-order valence-electron chi connectivity index (χ4n) is 3.79. The highest BCUT2D eigenvalue weighted by Crippen LogP contribution is 2.31. The summed E-state index contributed by atoms with van der Waals surface area (Å²) in [7, 11) is 0. The van der Waals surface area contributed by atoms with Crippen LogP contribution in [0.1, 0.15) is 21.5 Å². The first-order chi connectivity index (χ1) is 14.6. The number of ether oxygens (including phenoxy) is 1. The Balaban J connectivity index is 1.63. The lowest BCUT2D eigenvalue weighted by Crippen LogP contribution is -2.10. The number of fused-ring (bicyclic) bond motifs is 2. The molecule has 0 aliphatic carbocycles. The third-order valence-corrected chi connectivity index (χ3v) is 6.07. The van der Waals surface area contributed by atoms with Crippen molar-refractivity contribution in [3.05, 3.63) is 94.9 Å². The van der Waals surface area contributed by atoms with Crippen LogP contribution in [-0.4, -0.2) is 11.0 Å². The Hall–Kier alpha value is -3.50. The average Bonchev–Trinajstić information content (AvgIpc) is 3.28. The Morgan fingerprint density at radius 2 is 1.73 bits per heavy atom. The molecule has 5 rings (SSSR count). The first-order valence-corrected chi connectivity index (χ1v) is 10.6. The van der Waals surface area contributed by atoms with Crippen LogP contribution < -0.4 is 4.74 Å². The summed E-state index contributed by atoms with van der Waals surface area (Å²) < 4.78 is 5.81. The molecule has 146 valence electrons. The molecule has 4 heteroatoms. The maximum atomic E-state index is 13.3. The minimum Gasteiger partial charge on any atom is -0.423 e. The Bertz CT molecular complexity index is 1400. The summed E-state index contributed by atoms with van der Waals surface area (Å²) in [5.74, 6) is 0.159. The summed E-state index contributed by atoms with van der Waals surface area (Å²) in [4.78, 5) is 19.1. The number of carbonyl (C=O) groups excluding carboxylic acids is 1. The highest BCUT2D eigenvalue weighted by atomic mass is 32.1. The van der Waals surface area contributed by atoms with E-state index in [4.69, 9.17) is 9.72 Å². The van der Waals surface area contributed by atoms with E-state index in [2.05, 4.69) is 6.07 Å². The zero-order chi connectivity index (χ0) is 20.7. The second-order valence-electron chi connectivity index (χ2n) is 7.41. The summed E-state index contributed by atoms with van der Waals surface area (Å²) >= 11 is 1.60. The summed E-state index contributed by atoms with van der Waals surface area (Å²) in [6.45, 7) is 4.05. The highest BCUT2D eigenvalue weighted by Gasteiger charge is 2.18. The normalized spacial score (nSPS) is 11.1. The molecule has 2 heterocycles. The van der Waals surface area contributed by atoms with E-state index in [0.29, 0.717) is 11.3 Å². The van der Waals surface area contributed by atoms with Crippen LogP contribution in [0.25, 0.3) is 32.2 Å². The summed E-state index contributed by atoms with van der Waals surface area (Å²) in [5, 5.41) is 4.97. The zero-order valence-electron chi connectivity index (χ0n) is 16.7. The number of thiophene rings is 1. The van der Waals surface area contributed by atoms with Crippen LogP contribution in [0, 0.1) is 13.8 Å². The standard InChI is InChI=1S/C26H19NO2S/c1-16-12-17(2)25-21(13-16)22(15-23(27-25)24-8-5-11-30-24)26(28)29-20-10-9-18-6-3-4-7-19(18)14-20/h3-15H,1-2H3. The predicted molar refractivity (Wildman–Crippen MR) is 123 cm³/mol. The fourth-order valence-corrected chi connectivity index (χ4v) is 4.48. The van der Waals surface area contributed by atoms with Gasteiger partial charge in [-0.25, -0.2) is 9.78 Å². The second kappa shape index (κ2) is 7.39. The van der Waals surface area contributed by atoms with Crippen molar-refractivity contribution in [3.63, 3.8) is 0 Å². The van der Waals surface area contributed by atoms with Gasteiger partial charge in [0.05, 0.1) is 21.7 Å². The molecular weight excluding hydrogens is 390 g/mol. The lowest BCUT2D eigenvalue weighted by molar-refractivity contribution is 0.0737. The SMILES string of the molecule is Cc1cc(C)c2nc(-c3cccs3)cc(C(=O)Oc3ccc4ccccc4c3)c2c1. The van der Waals surface area contributed by atoms with E-state index in [0.717, 1.165) is 43.4 Å². The van der Waals surface area contributed by atoms with Crippen LogP contribution in [0.15, 0.2) is 78.2 Å². The molecule has 0 saturated carbocycles. The predicted octanol–water partition coefficient (Wildman–Crippen LogP) is 6.95. The number of esters is 1. The number of rotatable bonds is 3. The Morgan fingerprint density at radius 1 is 0.900 bits per heavy atom. The fraction of sp³-hybridized carbons (Fsp3) is 0.0769. The minimum absolute atomic E-state index is 0.375. The molecule has 2 aromatic heterocycles. The third-order valence-electron chi connectivity index (χ3n) is 5.17. The van der Waals surface area contributed by atoms with Gasteiger partial charge in [0, 0.05) is 5.39 Å². The van der Waals surface area contributed by atoms with Gasteiger partial charge in [-0.3, -0.25) is 0 Å². The van der Waals surface area contributed by atoms with Gasteiger partial charge in [-0.1, -0.05) is 48.0 Å². The number of aryl methyl sites for hydroxylation is 2. The van der Waals surface area contributed by atoms with Gasteiger partial charge in [-0.15, -0.1) is 11.3 Å². The number of aromatic nitrogens is 1. The van der Waals surface area contributed by atoms with Gasteiger partial charge in [0.1, 0.15) is 5.75 Å². The summed E-state index contributed by atoms with van der Waals surface area (Å²) in [5.41, 5.74) is 4.28. The van der Waals surface area contributed by atoms with Crippen LogP contribution in [0.3, 0.4) is 0 Å². The lowest BCUT2D eigenvalue weighted by atomic mass is 10.0. The van der Waals surface area contributed by atoms with Crippen LogP contribution in [0.4, 0.5) is 0 Å². The van der Waals surface area contributed by atoms with Gasteiger partial charge >= 0.3 is 5.97 Å². The average molecular weight is 410 g/mol. The molecule has 0 atom stereocenters. The van der Waals surface area contributed by atoms with Gasteiger partial charge in [-0.2, -0.15) is 0 Å². The van der Waals surface area contributed by atoms with Crippen molar-refractivity contribution >= 4 is 39.0 Å². The number of benzene rings is 3. The molecule has 0 aliphatic heterocycles. The maximum absolute atomic E-state index is 13.3. The van der Waals surface area contributed by atoms with E-state index in [1.165, 1.54) is 0 Å². The molecule has 0 radical (unpaired) electrons. The van der Waals surface area contributed by atoms with E-state index in [-0.39, 0.29) is 5.97 Å². The number of nitrogens with zero attached hydrogens (tertiary/aromatic N) is 1. The van der Waals surface area contributed by atoms with E-state index in [9.17, 15) is 4.79 Å². The molecule has 3 aromatic carbocycles. The van der Waals surface area contributed by atoms with Crippen molar-refractivity contribution in [2.75, 3.05) is 0 Å². The van der Waals surface area contributed by atoms with E-state index >= 15 is 0 Å². The second-order valence-corrected chi connectivity index (χ2v) is 8.36. The Morgan fingerprint density at radius 3 is 2.53 bits per heavy atom. The van der Waals surface area contributed by atoms with Crippen molar-refractivity contribution in [1.29, 1.82) is 0 Å². The van der Waals surface area contributed by atoms with Crippen molar-refractivity contribution in [3.8, 4) is 16.3 Å². The third kappa shape index (κ3) is 3.36. The molecule has 5 aromatic rings. The molecular formula is C26H19NO2S. The number of hydrogen-bond acceptors (Lipinski definition) is 4. The quantitative estimate of drug-likeness (QED) is 0.239. The van der Waals surface area contributed by atoms with Crippen molar-refractivity contribution < 1.29 is 9.53 Å². The number of pyridine rings is 1. The molecule has 0 saturated heterocycles. The molecule has 0 aliphatic rings. The zero-order valence-corrected chi connectivity index (χ0v) is 17.5. The van der Waals surface area contributed by atoms with Crippen LogP contribution in [-0.2, 0) is 0 Å². The first kappa shape index (κ1) is 18.5. The molecule has 0 amide bonds. The largest absolute Gasteiger partial charge is 0.423 e. The maximum Gasteiger partial charge on any atom is 0.344 e. The van der Waals surface area contributed by atoms with Gasteiger partial charge in [-0.05, 0) is 65.9 Å². The summed E-state index contributed by atoms with van der Waals surface area (Å²) in [6.07, 6.45) is 0. The smallest absolute Gasteiger partial charge is 0.344 e. The van der Waals surface area contributed by atoms with Gasteiger partial charge in [0.15, 0.2) is 0 Å². The van der Waals surface area contributed by atoms with E-state index < -0.39 is 0 Å².